The number of hydrogen-bond donors (Lipinski definition) is 1. The van der Waals surface area contributed by atoms with Crippen LogP contribution >= 0.6 is 11.3 Å². The second kappa shape index (κ2) is 9.88. The molecule has 134 valence electrons. The summed E-state index contributed by atoms with van der Waals surface area (Å²) in [6, 6.07) is 6.98. The maximum absolute atomic E-state index is 11.9. The van der Waals surface area contributed by atoms with Crippen molar-refractivity contribution in [2.24, 2.45) is 0 Å². The van der Waals surface area contributed by atoms with Crippen molar-refractivity contribution < 1.29 is 14.3 Å². The summed E-state index contributed by atoms with van der Waals surface area (Å²) in [6.07, 6.45) is 4.05. The van der Waals surface area contributed by atoms with E-state index in [0.717, 1.165) is 24.3 Å². The lowest BCUT2D eigenvalue weighted by molar-refractivity contribution is -0.116. The highest BCUT2D eigenvalue weighted by molar-refractivity contribution is 7.15. The molecule has 6 nitrogen and oxygen atoms in total. The first-order valence-electron chi connectivity index (χ1n) is 8.44. The molecule has 7 heteroatoms. The maximum Gasteiger partial charge on any atom is 0.226 e. The average molecular weight is 361 g/mol. The van der Waals surface area contributed by atoms with Gasteiger partial charge in [-0.05, 0) is 44.0 Å². The van der Waals surface area contributed by atoms with Crippen LogP contribution in [0.2, 0.25) is 0 Å². The maximum atomic E-state index is 11.9. The minimum Gasteiger partial charge on any atom is -0.494 e. The van der Waals surface area contributed by atoms with Gasteiger partial charge in [-0.25, -0.2) is 0 Å². The van der Waals surface area contributed by atoms with Crippen molar-refractivity contribution in [3.8, 4) is 5.75 Å². The number of carbonyl (C=O) groups is 2. The Morgan fingerprint density at radius 1 is 1.16 bits per heavy atom. The van der Waals surface area contributed by atoms with Gasteiger partial charge in [0.15, 0.2) is 5.78 Å². The van der Waals surface area contributed by atoms with Crippen LogP contribution in [0.5, 0.6) is 5.75 Å². The van der Waals surface area contributed by atoms with Gasteiger partial charge < -0.3 is 10.1 Å². The number of rotatable bonds is 10. The van der Waals surface area contributed by atoms with E-state index in [9.17, 15) is 9.59 Å². The lowest BCUT2D eigenvalue weighted by Crippen LogP contribution is -2.12. The van der Waals surface area contributed by atoms with Gasteiger partial charge in [-0.3, -0.25) is 9.59 Å². The first-order valence-corrected chi connectivity index (χ1v) is 9.26. The molecular formula is C18H23N3O3S. The summed E-state index contributed by atoms with van der Waals surface area (Å²) in [5, 5.41) is 12.3. The van der Waals surface area contributed by atoms with Crippen molar-refractivity contribution >= 4 is 28.2 Å². The Morgan fingerprint density at radius 2 is 1.92 bits per heavy atom. The SMILES string of the molecule is CCCCc1nnc(NC(=O)CCCOc2ccc(C(C)=O)cc2)s1. The number of nitrogens with zero attached hydrogens (tertiary/aromatic N) is 2. The van der Waals surface area contributed by atoms with Crippen molar-refractivity contribution in [2.45, 2.75) is 46.0 Å². The van der Waals surface area contributed by atoms with Gasteiger partial charge in [0, 0.05) is 18.4 Å². The van der Waals surface area contributed by atoms with Gasteiger partial charge in [0.1, 0.15) is 10.8 Å². The standard InChI is InChI=1S/C18H23N3O3S/c1-3-4-7-17-20-21-18(25-17)19-16(23)6-5-12-24-15-10-8-14(9-11-15)13(2)22/h8-11H,3-7,12H2,1-2H3,(H,19,21,23). The highest BCUT2D eigenvalue weighted by Gasteiger charge is 2.08. The van der Waals surface area contributed by atoms with E-state index in [-0.39, 0.29) is 11.7 Å². The van der Waals surface area contributed by atoms with E-state index in [1.54, 1.807) is 24.3 Å². The summed E-state index contributed by atoms with van der Waals surface area (Å²) in [7, 11) is 0. The summed E-state index contributed by atoms with van der Waals surface area (Å²) < 4.78 is 5.57. The van der Waals surface area contributed by atoms with Gasteiger partial charge in [0.25, 0.3) is 0 Å². The molecule has 1 amide bonds. The molecule has 0 radical (unpaired) electrons. The Morgan fingerprint density at radius 3 is 2.60 bits per heavy atom. The zero-order chi connectivity index (χ0) is 18.1. The molecule has 2 aromatic rings. The van der Waals surface area contributed by atoms with Gasteiger partial charge in [0.2, 0.25) is 11.0 Å². The predicted molar refractivity (Wildman–Crippen MR) is 98.3 cm³/mol. The van der Waals surface area contributed by atoms with Crippen LogP contribution in [0.25, 0.3) is 0 Å². The van der Waals surface area contributed by atoms with Crippen LogP contribution in [0.15, 0.2) is 24.3 Å². The molecule has 0 bridgehead atoms. The van der Waals surface area contributed by atoms with E-state index in [1.807, 2.05) is 0 Å². The van der Waals surface area contributed by atoms with Crippen molar-refractivity contribution in [1.82, 2.24) is 10.2 Å². The molecule has 1 heterocycles. The topological polar surface area (TPSA) is 81.2 Å². The van der Waals surface area contributed by atoms with Crippen LogP contribution in [0.4, 0.5) is 5.13 Å². The van der Waals surface area contributed by atoms with E-state index < -0.39 is 0 Å². The third-order valence-corrected chi connectivity index (χ3v) is 4.43. The van der Waals surface area contributed by atoms with Crippen LogP contribution in [0.1, 0.15) is 54.9 Å². The van der Waals surface area contributed by atoms with Crippen molar-refractivity contribution in [3.05, 3.63) is 34.8 Å². The Balaban J connectivity index is 1.66. The highest BCUT2D eigenvalue weighted by Crippen LogP contribution is 2.17. The van der Waals surface area contributed by atoms with Crippen LogP contribution in [0.3, 0.4) is 0 Å². The smallest absolute Gasteiger partial charge is 0.226 e. The molecule has 0 saturated heterocycles. The minimum atomic E-state index is -0.0891. The fourth-order valence-electron chi connectivity index (χ4n) is 2.12. The number of carbonyl (C=O) groups excluding carboxylic acids is 2. The molecule has 0 fully saturated rings. The Bertz CT molecular complexity index is 698. The molecule has 0 atom stereocenters. The monoisotopic (exact) mass is 361 g/mol. The number of benzene rings is 1. The average Bonchev–Trinajstić information content (AvgIpc) is 3.04. The molecule has 2 rings (SSSR count). The zero-order valence-electron chi connectivity index (χ0n) is 14.6. The molecule has 0 spiro atoms. The molecule has 0 unspecified atom stereocenters. The Kier molecular flexibility index (Phi) is 7.53. The summed E-state index contributed by atoms with van der Waals surface area (Å²) in [5.74, 6) is 0.626. The van der Waals surface area contributed by atoms with Crippen LogP contribution < -0.4 is 10.1 Å². The van der Waals surface area contributed by atoms with Crippen LogP contribution in [-0.2, 0) is 11.2 Å². The second-order valence-corrected chi connectivity index (χ2v) is 6.75. The molecule has 0 aliphatic heterocycles. The number of aromatic nitrogens is 2. The molecule has 0 aliphatic carbocycles. The van der Waals surface area contributed by atoms with E-state index in [4.69, 9.17) is 4.74 Å². The quantitative estimate of drug-likeness (QED) is 0.513. The summed E-state index contributed by atoms with van der Waals surface area (Å²) >= 11 is 1.43. The molecule has 1 N–H and O–H groups in total. The van der Waals surface area contributed by atoms with Crippen molar-refractivity contribution in [1.29, 1.82) is 0 Å². The molecule has 0 saturated carbocycles. The van der Waals surface area contributed by atoms with E-state index in [0.29, 0.717) is 35.9 Å². The van der Waals surface area contributed by atoms with Gasteiger partial charge in [-0.2, -0.15) is 0 Å². The normalized spacial score (nSPS) is 10.5. The number of Topliss-reactive ketones (excluding diaryl/α,β-unsaturated/α-hetero) is 1. The molecule has 1 aromatic carbocycles. The molecule has 25 heavy (non-hydrogen) atoms. The number of nitrogens with one attached hydrogen (secondary N) is 1. The van der Waals surface area contributed by atoms with E-state index in [2.05, 4.69) is 22.4 Å². The fraction of sp³-hybridized carbons (Fsp3) is 0.444. The number of aryl methyl sites for hydroxylation is 1. The second-order valence-electron chi connectivity index (χ2n) is 5.69. The largest absolute Gasteiger partial charge is 0.494 e. The number of anilines is 1. The van der Waals surface area contributed by atoms with Gasteiger partial charge >= 0.3 is 0 Å². The molecule has 1 aromatic heterocycles. The fourth-order valence-corrected chi connectivity index (χ4v) is 2.92. The van der Waals surface area contributed by atoms with Gasteiger partial charge in [-0.15, -0.1) is 10.2 Å². The number of ether oxygens (including phenoxy) is 1. The van der Waals surface area contributed by atoms with E-state index in [1.165, 1.54) is 18.3 Å². The lowest BCUT2D eigenvalue weighted by atomic mass is 10.1. The Labute approximate surface area is 151 Å². The van der Waals surface area contributed by atoms with Crippen LogP contribution in [-0.4, -0.2) is 28.5 Å². The minimum absolute atomic E-state index is 0.0257. The predicted octanol–water partition coefficient (Wildman–Crippen LogP) is 3.88. The third kappa shape index (κ3) is 6.62. The van der Waals surface area contributed by atoms with Gasteiger partial charge in [-0.1, -0.05) is 24.7 Å². The first kappa shape index (κ1) is 19.1. The third-order valence-electron chi connectivity index (χ3n) is 3.54. The van der Waals surface area contributed by atoms with Crippen molar-refractivity contribution in [2.75, 3.05) is 11.9 Å². The number of unbranched alkanes of at least 4 members (excludes halogenated alkanes) is 1. The number of amides is 1. The van der Waals surface area contributed by atoms with Gasteiger partial charge in [0.05, 0.1) is 6.61 Å². The summed E-state index contributed by atoms with van der Waals surface area (Å²) in [5.41, 5.74) is 0.655. The van der Waals surface area contributed by atoms with Crippen LogP contribution in [0, 0.1) is 0 Å². The number of ketones is 1. The molecule has 0 aliphatic rings. The highest BCUT2D eigenvalue weighted by atomic mass is 32.1. The zero-order valence-corrected chi connectivity index (χ0v) is 15.4. The van der Waals surface area contributed by atoms with Crippen molar-refractivity contribution in [3.63, 3.8) is 0 Å². The number of hydrogen-bond acceptors (Lipinski definition) is 6. The summed E-state index contributed by atoms with van der Waals surface area (Å²) in [4.78, 5) is 23.1. The summed E-state index contributed by atoms with van der Waals surface area (Å²) in [6.45, 7) is 4.09. The van der Waals surface area contributed by atoms with E-state index >= 15 is 0 Å². The Hall–Kier alpha value is -2.28. The first-order chi connectivity index (χ1) is 12.1. The lowest BCUT2D eigenvalue weighted by Gasteiger charge is -2.06. The molecular weight excluding hydrogens is 338 g/mol.